The van der Waals surface area contributed by atoms with Gasteiger partial charge in [0.2, 0.25) is 0 Å². The van der Waals surface area contributed by atoms with Crippen LogP contribution < -0.4 is 10.0 Å². The highest BCUT2D eigenvalue weighted by molar-refractivity contribution is 7.92. The van der Waals surface area contributed by atoms with Crippen LogP contribution in [0, 0.1) is 6.92 Å². The molecule has 0 unspecified atom stereocenters. The lowest BCUT2D eigenvalue weighted by atomic mass is 10.0. The fraction of sp³-hybridized carbons (Fsp3) is 0.231. The molecule has 1 aliphatic rings. The van der Waals surface area contributed by atoms with E-state index >= 15 is 0 Å². The molecule has 176 valence electrons. The molecule has 0 atom stereocenters. The van der Waals surface area contributed by atoms with Crippen LogP contribution in [0.25, 0.3) is 0 Å². The average molecular weight is 478 g/mol. The van der Waals surface area contributed by atoms with Crippen LogP contribution in [0.1, 0.15) is 45.5 Å². The Kier molecular flexibility index (Phi) is 6.98. The van der Waals surface area contributed by atoms with E-state index in [0.29, 0.717) is 41.2 Å². The zero-order chi connectivity index (χ0) is 24.1. The first-order chi connectivity index (χ1) is 16.4. The van der Waals surface area contributed by atoms with Crippen LogP contribution in [-0.4, -0.2) is 38.2 Å². The molecule has 8 heteroatoms. The smallest absolute Gasteiger partial charge is 0.261 e. The number of anilines is 2. The van der Waals surface area contributed by atoms with E-state index in [-0.39, 0.29) is 10.8 Å². The fourth-order valence-corrected chi connectivity index (χ4v) is 5.18. The predicted molar refractivity (Wildman–Crippen MR) is 133 cm³/mol. The number of nitrogens with zero attached hydrogens (tertiary/aromatic N) is 1. The maximum atomic E-state index is 13.2. The number of benzene rings is 3. The Morgan fingerprint density at radius 3 is 2.12 bits per heavy atom. The van der Waals surface area contributed by atoms with E-state index in [1.54, 1.807) is 67.6 Å². The van der Waals surface area contributed by atoms with Gasteiger partial charge in [-0.05, 0) is 68.1 Å². The zero-order valence-electron chi connectivity index (χ0n) is 19.0. The summed E-state index contributed by atoms with van der Waals surface area (Å²) in [5.41, 5.74) is 1.98. The second-order valence-corrected chi connectivity index (χ2v) is 9.93. The van der Waals surface area contributed by atoms with Crippen LogP contribution in [0.2, 0.25) is 0 Å². The Balaban J connectivity index is 1.57. The van der Waals surface area contributed by atoms with Gasteiger partial charge in [0, 0.05) is 18.7 Å². The molecule has 7 nitrogen and oxygen atoms in total. The number of amides is 2. The maximum absolute atomic E-state index is 13.2. The van der Waals surface area contributed by atoms with E-state index in [0.717, 1.165) is 19.3 Å². The Bertz CT molecular complexity index is 1300. The molecule has 0 aromatic heterocycles. The Labute approximate surface area is 199 Å². The average Bonchev–Trinajstić information content (AvgIpc) is 2.86. The number of hydrogen-bond acceptors (Lipinski definition) is 4. The van der Waals surface area contributed by atoms with Crippen molar-refractivity contribution in [2.24, 2.45) is 0 Å². The summed E-state index contributed by atoms with van der Waals surface area (Å²) in [5.74, 6) is -0.520. The van der Waals surface area contributed by atoms with Gasteiger partial charge in [0.05, 0.1) is 21.8 Å². The Morgan fingerprint density at radius 1 is 0.765 bits per heavy atom. The molecule has 0 spiro atoms. The van der Waals surface area contributed by atoms with E-state index < -0.39 is 15.9 Å². The molecule has 1 fully saturated rings. The zero-order valence-corrected chi connectivity index (χ0v) is 19.8. The number of carbonyl (C=O) groups excluding carboxylic acids is 2. The van der Waals surface area contributed by atoms with Crippen LogP contribution in [0.4, 0.5) is 11.4 Å². The van der Waals surface area contributed by atoms with Crippen molar-refractivity contribution < 1.29 is 18.0 Å². The molecule has 3 aromatic rings. The third kappa shape index (κ3) is 5.12. The summed E-state index contributed by atoms with van der Waals surface area (Å²) < 4.78 is 28.1. The van der Waals surface area contributed by atoms with Gasteiger partial charge in [0.15, 0.2) is 0 Å². The Hall–Kier alpha value is -3.65. The molecule has 4 rings (SSSR count). The molecule has 1 heterocycles. The Morgan fingerprint density at radius 2 is 1.38 bits per heavy atom. The quantitative estimate of drug-likeness (QED) is 0.539. The molecule has 2 amide bonds. The monoisotopic (exact) mass is 477 g/mol. The summed E-state index contributed by atoms with van der Waals surface area (Å²) in [6, 6.07) is 19.9. The molecule has 3 aromatic carbocycles. The third-order valence-electron chi connectivity index (χ3n) is 5.93. The van der Waals surface area contributed by atoms with E-state index in [1.807, 2.05) is 4.90 Å². The molecule has 1 saturated heterocycles. The minimum absolute atomic E-state index is 0.100. The molecule has 0 saturated carbocycles. The van der Waals surface area contributed by atoms with Crippen molar-refractivity contribution in [3.05, 3.63) is 89.5 Å². The van der Waals surface area contributed by atoms with Gasteiger partial charge < -0.3 is 10.2 Å². The minimum Gasteiger partial charge on any atom is -0.339 e. The van der Waals surface area contributed by atoms with E-state index in [2.05, 4.69) is 10.0 Å². The molecule has 0 radical (unpaired) electrons. The standard InChI is InChI=1S/C26H27N3O4S/c1-19-21(14-10-16-23(19)28-34(32,33)20-11-4-2-5-12-20)25(30)27-24-15-7-6-13-22(24)26(31)29-17-8-3-9-18-29/h2,4-7,10-16,28H,3,8-9,17-18H2,1H3,(H,27,30). The fourth-order valence-electron chi connectivity index (χ4n) is 4.03. The topological polar surface area (TPSA) is 95.6 Å². The van der Waals surface area contributed by atoms with E-state index in [1.165, 1.54) is 12.1 Å². The van der Waals surface area contributed by atoms with Crippen molar-refractivity contribution in [3.63, 3.8) is 0 Å². The lowest BCUT2D eigenvalue weighted by Gasteiger charge is -2.27. The van der Waals surface area contributed by atoms with Crippen LogP contribution in [0.3, 0.4) is 0 Å². The number of sulfonamides is 1. The summed E-state index contributed by atoms with van der Waals surface area (Å²) in [5, 5.41) is 2.85. The molecule has 1 aliphatic heterocycles. The van der Waals surface area contributed by atoms with Crippen molar-refractivity contribution in [1.29, 1.82) is 0 Å². The second kappa shape index (κ2) is 10.1. The van der Waals surface area contributed by atoms with Crippen LogP contribution in [-0.2, 0) is 10.0 Å². The van der Waals surface area contributed by atoms with Crippen molar-refractivity contribution in [3.8, 4) is 0 Å². The lowest BCUT2D eigenvalue weighted by Crippen LogP contribution is -2.36. The largest absolute Gasteiger partial charge is 0.339 e. The molecular formula is C26H27N3O4S. The lowest BCUT2D eigenvalue weighted by molar-refractivity contribution is 0.0725. The van der Waals surface area contributed by atoms with E-state index in [4.69, 9.17) is 0 Å². The molecule has 2 N–H and O–H groups in total. The predicted octanol–water partition coefficient (Wildman–Crippen LogP) is 4.67. The van der Waals surface area contributed by atoms with Crippen LogP contribution >= 0.6 is 0 Å². The highest BCUT2D eigenvalue weighted by Gasteiger charge is 2.22. The summed E-state index contributed by atoms with van der Waals surface area (Å²) in [7, 11) is -3.80. The van der Waals surface area contributed by atoms with Crippen LogP contribution in [0.5, 0.6) is 0 Å². The number of para-hydroxylation sites is 1. The van der Waals surface area contributed by atoms with Gasteiger partial charge >= 0.3 is 0 Å². The molecular weight excluding hydrogens is 450 g/mol. The van der Waals surface area contributed by atoms with Gasteiger partial charge in [-0.1, -0.05) is 36.4 Å². The van der Waals surface area contributed by atoms with Gasteiger partial charge in [-0.25, -0.2) is 8.42 Å². The first kappa shape index (κ1) is 23.5. The van der Waals surface area contributed by atoms with Gasteiger partial charge in [0.1, 0.15) is 0 Å². The van der Waals surface area contributed by atoms with Crippen molar-refractivity contribution in [1.82, 2.24) is 4.90 Å². The van der Waals surface area contributed by atoms with Crippen molar-refractivity contribution in [2.75, 3.05) is 23.1 Å². The maximum Gasteiger partial charge on any atom is 0.261 e. The second-order valence-electron chi connectivity index (χ2n) is 8.25. The summed E-state index contributed by atoms with van der Waals surface area (Å²) in [4.78, 5) is 28.2. The molecule has 0 aliphatic carbocycles. The van der Waals surface area contributed by atoms with Crippen molar-refractivity contribution >= 4 is 33.2 Å². The van der Waals surface area contributed by atoms with Gasteiger partial charge in [-0.2, -0.15) is 0 Å². The third-order valence-corrected chi connectivity index (χ3v) is 7.31. The number of carbonyl (C=O) groups is 2. The first-order valence-electron chi connectivity index (χ1n) is 11.2. The highest BCUT2D eigenvalue weighted by Crippen LogP contribution is 2.25. The molecule has 0 bridgehead atoms. The van der Waals surface area contributed by atoms with Gasteiger partial charge in [-0.15, -0.1) is 0 Å². The normalized spacial score (nSPS) is 13.9. The number of piperidine rings is 1. The summed E-state index contributed by atoms with van der Waals surface area (Å²) in [6.45, 7) is 3.11. The van der Waals surface area contributed by atoms with Crippen LogP contribution in [0.15, 0.2) is 77.7 Å². The van der Waals surface area contributed by atoms with Crippen molar-refractivity contribution in [2.45, 2.75) is 31.1 Å². The number of nitrogens with one attached hydrogen (secondary N) is 2. The van der Waals surface area contributed by atoms with Gasteiger partial charge in [-0.3, -0.25) is 14.3 Å². The first-order valence-corrected chi connectivity index (χ1v) is 12.7. The number of rotatable bonds is 6. The highest BCUT2D eigenvalue weighted by atomic mass is 32.2. The SMILES string of the molecule is Cc1c(NS(=O)(=O)c2ccccc2)cccc1C(=O)Nc1ccccc1C(=O)N1CCCCC1. The number of likely N-dealkylation sites (tertiary alicyclic amines) is 1. The summed E-state index contributed by atoms with van der Waals surface area (Å²) in [6.07, 6.45) is 3.07. The summed E-state index contributed by atoms with van der Waals surface area (Å²) >= 11 is 0. The molecule has 34 heavy (non-hydrogen) atoms. The van der Waals surface area contributed by atoms with Gasteiger partial charge in [0.25, 0.3) is 21.8 Å². The minimum atomic E-state index is -3.80. The van der Waals surface area contributed by atoms with E-state index in [9.17, 15) is 18.0 Å². The number of hydrogen-bond donors (Lipinski definition) is 2.